The van der Waals surface area contributed by atoms with Crippen LogP contribution in [0.3, 0.4) is 0 Å². The number of methoxy groups -OCH3 is 2. The number of ketones is 1. The van der Waals surface area contributed by atoms with Gasteiger partial charge in [0.2, 0.25) is 23.6 Å². The van der Waals surface area contributed by atoms with Crippen molar-refractivity contribution < 1.29 is 33.4 Å². The van der Waals surface area contributed by atoms with Crippen LogP contribution in [0.5, 0.6) is 0 Å². The molecule has 1 saturated heterocycles. The highest BCUT2D eigenvalue weighted by molar-refractivity contribution is 5.90. The lowest BCUT2D eigenvalue weighted by Crippen LogP contribution is -2.59. The molecule has 0 spiro atoms. The standard InChI is InChI=1S/C43H73N5O7/c1-14-29(7)39(47(11)43(53)37(27(3)4)45-42(52)38(28(5)6)46(9)10)35(54-12)26-36(50)48-23-19-22-33(48)40(55-13)30(8)34(49)25-32(41(51)44-15-2)24-31-20-17-16-18-21-31/h16-18,20-21,27-30,32-33,35,37-40H,14-15,19,22-26H2,1-13H3,(H,44,51)(H,45,52)/t29-,30-,32+,33-,35+,37-,38-,39-,40+/m0/s1. The highest BCUT2D eigenvalue weighted by Gasteiger charge is 2.43. The van der Waals surface area contributed by atoms with Gasteiger partial charge in [0, 0.05) is 52.6 Å². The van der Waals surface area contributed by atoms with Crippen LogP contribution in [0.1, 0.15) is 93.1 Å². The number of benzene rings is 1. The van der Waals surface area contributed by atoms with E-state index in [0.29, 0.717) is 25.9 Å². The SMILES string of the molecule is CCNC(=O)[C@@H](CC(=O)[C@H](C)[C@@H](OC)[C@@H]1CCCN1C(=O)C[C@@H](OC)[C@H]([C@@H](C)CC)N(C)C(=O)[C@@H](NC(=O)[C@H](C(C)C)N(C)C)C(C)C)Cc1ccccc1. The Balaban J connectivity index is 2.29. The number of Topliss-reactive ketones (excluding diaryl/α,β-unsaturated/α-hetero) is 1. The molecule has 0 bridgehead atoms. The first-order chi connectivity index (χ1) is 25.9. The van der Waals surface area contributed by atoms with Crippen molar-refractivity contribution in [2.24, 2.45) is 29.6 Å². The zero-order valence-corrected chi connectivity index (χ0v) is 36.1. The Labute approximate surface area is 331 Å². The molecule has 4 amide bonds. The molecule has 1 aliphatic rings. The number of likely N-dealkylation sites (tertiary alicyclic amines) is 1. The summed E-state index contributed by atoms with van der Waals surface area (Å²) in [4.78, 5) is 74.3. The van der Waals surface area contributed by atoms with E-state index in [1.165, 1.54) is 0 Å². The minimum Gasteiger partial charge on any atom is -0.379 e. The maximum Gasteiger partial charge on any atom is 0.245 e. The van der Waals surface area contributed by atoms with E-state index in [-0.39, 0.29) is 66.0 Å². The minimum atomic E-state index is -0.761. The summed E-state index contributed by atoms with van der Waals surface area (Å²) in [5.74, 6) is -2.03. The maximum absolute atomic E-state index is 14.3. The van der Waals surface area contributed by atoms with Crippen LogP contribution < -0.4 is 10.6 Å². The number of carbonyl (C=O) groups excluding carboxylic acids is 5. The van der Waals surface area contributed by atoms with Gasteiger partial charge in [0.05, 0.1) is 36.8 Å². The molecule has 9 atom stereocenters. The third-order valence-corrected chi connectivity index (χ3v) is 11.5. The quantitative estimate of drug-likeness (QED) is 0.165. The van der Waals surface area contributed by atoms with Crippen LogP contribution in [0.2, 0.25) is 0 Å². The van der Waals surface area contributed by atoms with Crippen LogP contribution in [-0.2, 0) is 39.9 Å². The van der Waals surface area contributed by atoms with Crippen molar-refractivity contribution >= 4 is 29.4 Å². The van der Waals surface area contributed by atoms with Gasteiger partial charge < -0.3 is 29.9 Å². The zero-order valence-electron chi connectivity index (χ0n) is 36.1. The second-order valence-electron chi connectivity index (χ2n) is 16.4. The molecular formula is C43H73N5O7. The Morgan fingerprint density at radius 1 is 0.873 bits per heavy atom. The van der Waals surface area contributed by atoms with E-state index < -0.39 is 42.2 Å². The molecule has 0 saturated carbocycles. The van der Waals surface area contributed by atoms with E-state index in [1.54, 1.807) is 26.2 Å². The molecule has 12 heteroatoms. The van der Waals surface area contributed by atoms with E-state index in [9.17, 15) is 24.0 Å². The van der Waals surface area contributed by atoms with Crippen molar-refractivity contribution in [3.63, 3.8) is 0 Å². The number of hydrogen-bond acceptors (Lipinski definition) is 8. The molecule has 0 aromatic heterocycles. The average molecular weight is 772 g/mol. The third-order valence-electron chi connectivity index (χ3n) is 11.5. The predicted octanol–water partition coefficient (Wildman–Crippen LogP) is 4.59. The topological polar surface area (TPSA) is 138 Å². The highest BCUT2D eigenvalue weighted by atomic mass is 16.5. The largest absolute Gasteiger partial charge is 0.379 e. The Morgan fingerprint density at radius 3 is 2.02 bits per heavy atom. The van der Waals surface area contributed by atoms with Gasteiger partial charge in [-0.1, -0.05) is 85.2 Å². The van der Waals surface area contributed by atoms with Crippen molar-refractivity contribution in [3.05, 3.63) is 35.9 Å². The molecule has 2 rings (SSSR count). The van der Waals surface area contributed by atoms with Crippen LogP contribution in [-0.4, -0.2) is 129 Å². The summed E-state index contributed by atoms with van der Waals surface area (Å²) in [5.41, 5.74) is 0.986. The fourth-order valence-electron chi connectivity index (χ4n) is 8.35. The molecule has 55 heavy (non-hydrogen) atoms. The fraction of sp³-hybridized carbons (Fsp3) is 0.744. The van der Waals surface area contributed by atoms with Gasteiger partial charge >= 0.3 is 0 Å². The molecule has 1 heterocycles. The number of hydrogen-bond donors (Lipinski definition) is 2. The number of ether oxygens (including phenoxy) is 2. The van der Waals surface area contributed by atoms with Crippen molar-refractivity contribution in [2.45, 2.75) is 130 Å². The summed E-state index contributed by atoms with van der Waals surface area (Å²) >= 11 is 0. The Bertz CT molecular complexity index is 1360. The Kier molecular flexibility index (Phi) is 20.0. The summed E-state index contributed by atoms with van der Waals surface area (Å²) in [6.45, 7) is 16.6. The number of amides is 4. The second kappa shape index (κ2) is 23.0. The van der Waals surface area contributed by atoms with Crippen molar-refractivity contribution in [3.8, 4) is 0 Å². The Morgan fingerprint density at radius 2 is 1.51 bits per heavy atom. The van der Waals surface area contributed by atoms with Crippen molar-refractivity contribution in [2.75, 3.05) is 48.5 Å². The summed E-state index contributed by atoms with van der Waals surface area (Å²) in [6, 6.07) is 7.75. The molecule has 1 fully saturated rings. The molecule has 0 unspecified atom stereocenters. The first-order valence-electron chi connectivity index (χ1n) is 20.4. The Hall–Kier alpha value is -3.35. The fourth-order valence-corrected chi connectivity index (χ4v) is 8.35. The van der Waals surface area contributed by atoms with Crippen molar-refractivity contribution in [1.29, 1.82) is 0 Å². The molecule has 312 valence electrons. The summed E-state index contributed by atoms with van der Waals surface area (Å²) in [6.07, 6.45) is 1.54. The summed E-state index contributed by atoms with van der Waals surface area (Å²) < 4.78 is 12.0. The smallest absolute Gasteiger partial charge is 0.245 e. The molecule has 1 aromatic rings. The number of nitrogens with zero attached hydrogens (tertiary/aromatic N) is 3. The van der Waals surface area contributed by atoms with Gasteiger partial charge in [-0.05, 0) is 63.6 Å². The monoisotopic (exact) mass is 772 g/mol. The van der Waals surface area contributed by atoms with E-state index in [0.717, 1.165) is 18.4 Å². The number of carbonyl (C=O) groups is 5. The normalized spacial score (nSPS) is 19.0. The molecule has 0 aliphatic carbocycles. The maximum atomic E-state index is 14.3. The van der Waals surface area contributed by atoms with Crippen molar-refractivity contribution in [1.82, 2.24) is 25.3 Å². The van der Waals surface area contributed by atoms with E-state index in [1.807, 2.05) is 110 Å². The van der Waals surface area contributed by atoms with Crippen LogP contribution in [0.4, 0.5) is 0 Å². The van der Waals surface area contributed by atoms with Crippen LogP contribution in [0.15, 0.2) is 30.3 Å². The zero-order chi connectivity index (χ0) is 41.6. The predicted molar refractivity (Wildman–Crippen MR) is 217 cm³/mol. The van der Waals surface area contributed by atoms with Gasteiger partial charge in [-0.2, -0.15) is 0 Å². The van der Waals surface area contributed by atoms with Gasteiger partial charge in [-0.15, -0.1) is 0 Å². The summed E-state index contributed by atoms with van der Waals surface area (Å²) in [5, 5.41) is 5.93. The first-order valence-corrected chi connectivity index (χ1v) is 20.4. The average Bonchev–Trinajstić information content (AvgIpc) is 3.62. The van der Waals surface area contributed by atoms with E-state index in [2.05, 4.69) is 10.6 Å². The highest BCUT2D eigenvalue weighted by Crippen LogP contribution is 2.31. The van der Waals surface area contributed by atoms with Crippen LogP contribution in [0, 0.1) is 29.6 Å². The molecule has 12 nitrogen and oxygen atoms in total. The van der Waals surface area contributed by atoms with Gasteiger partial charge in [-0.3, -0.25) is 28.9 Å². The third kappa shape index (κ3) is 13.1. The van der Waals surface area contributed by atoms with Gasteiger partial charge in [-0.25, -0.2) is 0 Å². The van der Waals surface area contributed by atoms with Gasteiger partial charge in [0.25, 0.3) is 0 Å². The number of nitrogens with one attached hydrogen (secondary N) is 2. The first kappa shape index (κ1) is 47.8. The molecule has 1 aromatic carbocycles. The molecule has 2 N–H and O–H groups in total. The second-order valence-corrected chi connectivity index (χ2v) is 16.4. The lowest BCUT2D eigenvalue weighted by atomic mass is 9.85. The molecule has 1 aliphatic heterocycles. The minimum absolute atomic E-state index is 0.0205. The lowest BCUT2D eigenvalue weighted by Gasteiger charge is -2.41. The molecule has 0 radical (unpaired) electrons. The van der Waals surface area contributed by atoms with E-state index >= 15 is 0 Å². The number of likely N-dealkylation sites (N-methyl/N-ethyl adjacent to an activating group) is 2. The van der Waals surface area contributed by atoms with Gasteiger partial charge in [0.1, 0.15) is 11.8 Å². The van der Waals surface area contributed by atoms with E-state index in [4.69, 9.17) is 9.47 Å². The van der Waals surface area contributed by atoms with Gasteiger partial charge in [0.15, 0.2) is 0 Å². The van der Waals surface area contributed by atoms with Crippen LogP contribution in [0.25, 0.3) is 0 Å². The lowest BCUT2D eigenvalue weighted by molar-refractivity contribution is -0.148. The summed E-state index contributed by atoms with van der Waals surface area (Å²) in [7, 11) is 8.60. The van der Waals surface area contributed by atoms with Crippen LogP contribution >= 0.6 is 0 Å². The molecular weight excluding hydrogens is 699 g/mol. The number of rotatable bonds is 23.